The van der Waals surface area contributed by atoms with Gasteiger partial charge < -0.3 is 15.8 Å². The van der Waals surface area contributed by atoms with Gasteiger partial charge in [-0.25, -0.2) is 0 Å². The molecule has 1 saturated heterocycles. The third-order valence-electron chi connectivity index (χ3n) is 3.44. The molecule has 94 valence electrons. The van der Waals surface area contributed by atoms with E-state index < -0.39 is 0 Å². The van der Waals surface area contributed by atoms with E-state index in [1.165, 1.54) is 0 Å². The molecule has 0 bridgehead atoms. The Morgan fingerprint density at radius 2 is 2.38 bits per heavy atom. The molecule has 0 aromatic rings. The first-order valence-corrected chi connectivity index (χ1v) is 6.26. The largest absolute Gasteiger partial charge is 0.381 e. The second kappa shape index (κ2) is 6.86. The van der Waals surface area contributed by atoms with E-state index >= 15 is 0 Å². The summed E-state index contributed by atoms with van der Waals surface area (Å²) in [7, 11) is 0. The van der Waals surface area contributed by atoms with Gasteiger partial charge in [-0.2, -0.15) is 0 Å². The third kappa shape index (κ3) is 4.10. The van der Waals surface area contributed by atoms with Crippen LogP contribution in [0.1, 0.15) is 33.1 Å². The lowest BCUT2D eigenvalue weighted by Crippen LogP contribution is -2.45. The molecule has 3 N–H and O–H groups in total. The molecule has 4 heteroatoms. The van der Waals surface area contributed by atoms with E-state index in [2.05, 4.69) is 5.32 Å². The lowest BCUT2D eigenvalue weighted by molar-refractivity contribution is -0.123. The Morgan fingerprint density at radius 3 is 2.94 bits per heavy atom. The van der Waals surface area contributed by atoms with Crippen LogP contribution < -0.4 is 11.1 Å². The predicted octanol–water partition coefficient (Wildman–Crippen LogP) is 0.903. The normalized spacial score (nSPS) is 24.1. The van der Waals surface area contributed by atoms with Crippen LogP contribution in [0.3, 0.4) is 0 Å². The Hall–Kier alpha value is -0.610. The molecular formula is C12H24N2O2. The Kier molecular flexibility index (Phi) is 5.77. The van der Waals surface area contributed by atoms with Gasteiger partial charge in [0.15, 0.2) is 0 Å². The molecule has 16 heavy (non-hydrogen) atoms. The number of amides is 1. The van der Waals surface area contributed by atoms with Crippen molar-refractivity contribution in [2.45, 2.75) is 39.2 Å². The van der Waals surface area contributed by atoms with Crippen molar-refractivity contribution < 1.29 is 9.53 Å². The second-order valence-corrected chi connectivity index (χ2v) is 4.72. The van der Waals surface area contributed by atoms with E-state index in [-0.39, 0.29) is 17.9 Å². The van der Waals surface area contributed by atoms with Crippen LogP contribution in [0.5, 0.6) is 0 Å². The number of nitrogens with one attached hydrogen (secondary N) is 1. The fourth-order valence-electron chi connectivity index (χ4n) is 1.84. The highest BCUT2D eigenvalue weighted by molar-refractivity contribution is 5.81. The van der Waals surface area contributed by atoms with Crippen molar-refractivity contribution in [3.05, 3.63) is 0 Å². The molecule has 1 aliphatic heterocycles. The lowest BCUT2D eigenvalue weighted by atomic mass is 9.99. The summed E-state index contributed by atoms with van der Waals surface area (Å²) in [5.41, 5.74) is 5.83. The number of carbonyl (C=O) groups is 1. The van der Waals surface area contributed by atoms with Crippen LogP contribution in [0, 0.1) is 11.8 Å². The minimum atomic E-state index is -0.371. The Bertz CT molecular complexity index is 215. The molecule has 0 spiro atoms. The van der Waals surface area contributed by atoms with Crippen molar-refractivity contribution in [1.82, 2.24) is 5.32 Å². The van der Waals surface area contributed by atoms with Crippen LogP contribution in [0.25, 0.3) is 0 Å². The standard InChI is InChI=1S/C12H24N2O2/c1-3-9(2)11(13)12(15)14-6-4-10-5-7-16-8-10/h9-11H,3-8,13H2,1-2H3,(H,14,15)/t9-,10?,11-/m0/s1. The van der Waals surface area contributed by atoms with E-state index in [4.69, 9.17) is 10.5 Å². The third-order valence-corrected chi connectivity index (χ3v) is 3.44. The molecule has 1 amide bonds. The molecule has 1 heterocycles. The van der Waals surface area contributed by atoms with Crippen molar-refractivity contribution >= 4 is 5.91 Å². The molecule has 1 rings (SSSR count). The van der Waals surface area contributed by atoms with Gasteiger partial charge in [0.2, 0.25) is 5.91 Å². The van der Waals surface area contributed by atoms with Crippen LogP contribution in [-0.4, -0.2) is 31.7 Å². The van der Waals surface area contributed by atoms with Crippen molar-refractivity contribution in [2.75, 3.05) is 19.8 Å². The average molecular weight is 228 g/mol. The molecule has 0 aromatic heterocycles. The van der Waals surface area contributed by atoms with Crippen molar-refractivity contribution in [3.8, 4) is 0 Å². The number of ether oxygens (including phenoxy) is 1. The molecule has 1 fully saturated rings. The number of hydrogen-bond acceptors (Lipinski definition) is 3. The fraction of sp³-hybridized carbons (Fsp3) is 0.917. The minimum Gasteiger partial charge on any atom is -0.381 e. The van der Waals surface area contributed by atoms with Gasteiger partial charge in [-0.1, -0.05) is 20.3 Å². The molecule has 0 aromatic carbocycles. The number of rotatable bonds is 6. The molecule has 1 aliphatic rings. The van der Waals surface area contributed by atoms with Crippen LogP contribution in [-0.2, 0) is 9.53 Å². The summed E-state index contributed by atoms with van der Waals surface area (Å²) in [6, 6.07) is -0.371. The van der Waals surface area contributed by atoms with Gasteiger partial charge >= 0.3 is 0 Å². The highest BCUT2D eigenvalue weighted by Gasteiger charge is 2.20. The van der Waals surface area contributed by atoms with Crippen LogP contribution in [0.2, 0.25) is 0 Å². The Labute approximate surface area is 97.9 Å². The van der Waals surface area contributed by atoms with Crippen LogP contribution in [0.15, 0.2) is 0 Å². The fourth-order valence-corrected chi connectivity index (χ4v) is 1.84. The lowest BCUT2D eigenvalue weighted by Gasteiger charge is -2.18. The van der Waals surface area contributed by atoms with Gasteiger partial charge in [0.1, 0.15) is 0 Å². The first kappa shape index (κ1) is 13.5. The van der Waals surface area contributed by atoms with Gasteiger partial charge in [-0.3, -0.25) is 4.79 Å². The maximum Gasteiger partial charge on any atom is 0.237 e. The molecular weight excluding hydrogens is 204 g/mol. The summed E-state index contributed by atoms with van der Waals surface area (Å²) in [4.78, 5) is 11.6. The molecule has 3 atom stereocenters. The maximum absolute atomic E-state index is 11.6. The van der Waals surface area contributed by atoms with Crippen molar-refractivity contribution in [2.24, 2.45) is 17.6 Å². The van der Waals surface area contributed by atoms with Gasteiger partial charge in [0, 0.05) is 19.8 Å². The van der Waals surface area contributed by atoms with E-state index in [0.717, 1.165) is 39.0 Å². The summed E-state index contributed by atoms with van der Waals surface area (Å²) in [5, 5.41) is 2.91. The Morgan fingerprint density at radius 1 is 1.62 bits per heavy atom. The van der Waals surface area contributed by atoms with Gasteiger partial charge in [0.05, 0.1) is 6.04 Å². The number of carbonyl (C=O) groups excluding carboxylic acids is 1. The van der Waals surface area contributed by atoms with E-state index in [1.54, 1.807) is 0 Å². The molecule has 0 aliphatic carbocycles. The highest BCUT2D eigenvalue weighted by Crippen LogP contribution is 2.15. The van der Waals surface area contributed by atoms with Crippen LogP contribution in [0.4, 0.5) is 0 Å². The summed E-state index contributed by atoms with van der Waals surface area (Å²) >= 11 is 0. The molecule has 0 radical (unpaired) electrons. The van der Waals surface area contributed by atoms with E-state index in [1.807, 2.05) is 13.8 Å². The predicted molar refractivity (Wildman–Crippen MR) is 64.0 cm³/mol. The van der Waals surface area contributed by atoms with Crippen molar-refractivity contribution in [1.29, 1.82) is 0 Å². The molecule has 4 nitrogen and oxygen atoms in total. The average Bonchev–Trinajstić information content (AvgIpc) is 2.79. The van der Waals surface area contributed by atoms with Gasteiger partial charge in [-0.15, -0.1) is 0 Å². The van der Waals surface area contributed by atoms with Crippen LogP contribution >= 0.6 is 0 Å². The molecule has 1 unspecified atom stereocenters. The first-order chi connectivity index (χ1) is 7.65. The smallest absolute Gasteiger partial charge is 0.237 e. The van der Waals surface area contributed by atoms with E-state index in [9.17, 15) is 4.79 Å². The monoisotopic (exact) mass is 228 g/mol. The second-order valence-electron chi connectivity index (χ2n) is 4.72. The highest BCUT2D eigenvalue weighted by atomic mass is 16.5. The van der Waals surface area contributed by atoms with E-state index in [0.29, 0.717) is 5.92 Å². The summed E-state index contributed by atoms with van der Waals surface area (Å²) < 4.78 is 5.28. The number of nitrogens with two attached hydrogens (primary N) is 1. The summed E-state index contributed by atoms with van der Waals surface area (Å²) in [6.45, 7) is 6.48. The zero-order chi connectivity index (χ0) is 12.0. The van der Waals surface area contributed by atoms with Gasteiger partial charge in [0.25, 0.3) is 0 Å². The van der Waals surface area contributed by atoms with Crippen molar-refractivity contribution in [3.63, 3.8) is 0 Å². The summed E-state index contributed by atoms with van der Waals surface area (Å²) in [6.07, 6.45) is 3.05. The molecule has 0 saturated carbocycles. The zero-order valence-electron chi connectivity index (χ0n) is 10.4. The quantitative estimate of drug-likeness (QED) is 0.710. The zero-order valence-corrected chi connectivity index (χ0v) is 10.4. The number of hydrogen-bond donors (Lipinski definition) is 2. The van der Waals surface area contributed by atoms with Gasteiger partial charge in [-0.05, 0) is 24.7 Å². The topological polar surface area (TPSA) is 64.4 Å². The SMILES string of the molecule is CC[C@H](C)[C@H](N)C(=O)NCCC1CCOC1. The minimum absolute atomic E-state index is 0.0201. The first-order valence-electron chi connectivity index (χ1n) is 6.26. The summed E-state index contributed by atoms with van der Waals surface area (Å²) in [5.74, 6) is 0.836. The maximum atomic E-state index is 11.6. The Balaban J connectivity index is 2.13.